The molecule has 182 valence electrons. The van der Waals surface area contributed by atoms with Gasteiger partial charge in [0.25, 0.3) is 5.91 Å². The number of hydrogen-bond acceptors (Lipinski definition) is 6. The molecule has 0 saturated carbocycles. The molecule has 36 heavy (non-hydrogen) atoms. The molecule has 5 rings (SSSR count). The second kappa shape index (κ2) is 9.99. The number of imidazole rings is 1. The molecule has 3 aromatic heterocycles. The Balaban J connectivity index is 1.51. The number of anilines is 2. The van der Waals surface area contributed by atoms with Gasteiger partial charge in [-0.15, -0.1) is 6.58 Å². The van der Waals surface area contributed by atoms with Crippen molar-refractivity contribution in [2.45, 2.75) is 31.7 Å². The van der Waals surface area contributed by atoms with Crippen molar-refractivity contribution in [1.82, 2.24) is 24.3 Å². The molecular weight excluding hydrogens is 454 g/mol. The van der Waals surface area contributed by atoms with E-state index in [9.17, 15) is 9.59 Å². The van der Waals surface area contributed by atoms with Gasteiger partial charge in [-0.05, 0) is 43.5 Å². The molecule has 1 fully saturated rings. The van der Waals surface area contributed by atoms with Crippen LogP contribution in [0.25, 0.3) is 16.8 Å². The van der Waals surface area contributed by atoms with Crippen LogP contribution in [0, 0.1) is 0 Å². The number of piperidine rings is 1. The SMILES string of the molecule is C=CCC(=O)N1CCCCC1c1nc(-c2ccc(C(=O)Nc3ccccn3)cc2)c2c(N)nccn12. The van der Waals surface area contributed by atoms with E-state index in [4.69, 9.17) is 10.7 Å². The van der Waals surface area contributed by atoms with E-state index in [0.717, 1.165) is 30.7 Å². The van der Waals surface area contributed by atoms with E-state index in [1.807, 2.05) is 33.7 Å². The first-order chi connectivity index (χ1) is 17.6. The molecule has 1 saturated heterocycles. The molecule has 0 bridgehead atoms. The monoisotopic (exact) mass is 481 g/mol. The van der Waals surface area contributed by atoms with Gasteiger partial charge in [0.2, 0.25) is 5.91 Å². The zero-order valence-corrected chi connectivity index (χ0v) is 19.8. The highest BCUT2D eigenvalue weighted by molar-refractivity contribution is 6.04. The smallest absolute Gasteiger partial charge is 0.256 e. The number of hydrogen-bond donors (Lipinski definition) is 2. The largest absolute Gasteiger partial charge is 0.382 e. The summed E-state index contributed by atoms with van der Waals surface area (Å²) in [5, 5.41) is 2.78. The van der Waals surface area contributed by atoms with E-state index in [1.54, 1.807) is 42.7 Å². The second-order valence-electron chi connectivity index (χ2n) is 8.69. The minimum atomic E-state index is -0.254. The molecule has 9 nitrogen and oxygen atoms in total. The average molecular weight is 482 g/mol. The number of aromatic nitrogens is 4. The van der Waals surface area contributed by atoms with Gasteiger partial charge in [-0.3, -0.25) is 14.0 Å². The van der Waals surface area contributed by atoms with Gasteiger partial charge in [-0.25, -0.2) is 15.0 Å². The Labute approximate surface area is 208 Å². The number of fused-ring (bicyclic) bond motifs is 1. The summed E-state index contributed by atoms with van der Waals surface area (Å²) in [7, 11) is 0. The van der Waals surface area contributed by atoms with Crippen LogP contribution in [0.15, 0.2) is 73.7 Å². The standard InChI is InChI=1S/C27H27N7O2/c1-2-7-22(35)33-16-6-4-8-20(33)26-32-23(24-25(28)30-15-17-34(24)26)18-10-12-19(13-11-18)27(36)31-21-9-3-5-14-29-21/h2-3,5,9-15,17,20H,1,4,6-8,16H2,(H2,28,30)(H,29,31,36). The normalized spacial score (nSPS) is 15.6. The summed E-state index contributed by atoms with van der Waals surface area (Å²) in [6.07, 6.45) is 9.80. The number of rotatable bonds is 6. The molecule has 1 atom stereocenters. The first-order valence-electron chi connectivity index (χ1n) is 11.9. The Kier molecular flexibility index (Phi) is 6.44. The fraction of sp³-hybridized carbons (Fsp3) is 0.222. The van der Waals surface area contributed by atoms with Gasteiger partial charge in [-0.2, -0.15) is 0 Å². The van der Waals surface area contributed by atoms with Crippen molar-refractivity contribution in [1.29, 1.82) is 0 Å². The van der Waals surface area contributed by atoms with E-state index in [1.165, 1.54) is 0 Å². The predicted octanol–water partition coefficient (Wildman–Crippen LogP) is 4.26. The van der Waals surface area contributed by atoms with Gasteiger partial charge in [-0.1, -0.05) is 24.3 Å². The van der Waals surface area contributed by atoms with Gasteiger partial charge in [0.05, 0.1) is 6.04 Å². The van der Waals surface area contributed by atoms with Crippen molar-refractivity contribution < 1.29 is 9.59 Å². The van der Waals surface area contributed by atoms with E-state index in [-0.39, 0.29) is 17.9 Å². The highest BCUT2D eigenvalue weighted by Crippen LogP contribution is 2.36. The van der Waals surface area contributed by atoms with Gasteiger partial charge in [0.1, 0.15) is 28.7 Å². The molecule has 9 heteroatoms. The van der Waals surface area contributed by atoms with E-state index < -0.39 is 0 Å². The third-order valence-electron chi connectivity index (χ3n) is 6.38. The van der Waals surface area contributed by atoms with Crippen LogP contribution in [-0.4, -0.2) is 42.6 Å². The summed E-state index contributed by atoms with van der Waals surface area (Å²) >= 11 is 0. The highest BCUT2D eigenvalue weighted by atomic mass is 16.2. The number of pyridine rings is 1. The molecule has 1 aliphatic rings. The summed E-state index contributed by atoms with van der Waals surface area (Å²) in [6.45, 7) is 4.40. The number of nitrogens with one attached hydrogen (secondary N) is 1. The van der Waals surface area contributed by atoms with Crippen LogP contribution < -0.4 is 11.1 Å². The summed E-state index contributed by atoms with van der Waals surface area (Å²) in [4.78, 5) is 40.8. The number of nitrogens with zero attached hydrogens (tertiary/aromatic N) is 5. The van der Waals surface area contributed by atoms with Crippen molar-refractivity contribution >= 4 is 29.0 Å². The lowest BCUT2D eigenvalue weighted by Gasteiger charge is -2.34. The zero-order chi connectivity index (χ0) is 25.1. The van der Waals surface area contributed by atoms with Crippen LogP contribution >= 0.6 is 0 Å². The summed E-state index contributed by atoms with van der Waals surface area (Å²) in [6, 6.07) is 12.3. The lowest BCUT2D eigenvalue weighted by atomic mass is 10.0. The first-order valence-corrected chi connectivity index (χ1v) is 11.9. The van der Waals surface area contributed by atoms with Crippen LogP contribution in [0.4, 0.5) is 11.6 Å². The van der Waals surface area contributed by atoms with Gasteiger partial charge >= 0.3 is 0 Å². The molecule has 0 aliphatic carbocycles. The number of carbonyl (C=O) groups excluding carboxylic acids is 2. The van der Waals surface area contributed by atoms with Crippen molar-refractivity contribution in [3.8, 4) is 11.3 Å². The number of likely N-dealkylation sites (tertiary alicyclic amines) is 1. The lowest BCUT2D eigenvalue weighted by Crippen LogP contribution is -2.39. The second-order valence-corrected chi connectivity index (χ2v) is 8.69. The van der Waals surface area contributed by atoms with E-state index in [0.29, 0.717) is 41.4 Å². The van der Waals surface area contributed by atoms with Crippen LogP contribution in [0.3, 0.4) is 0 Å². The Hall–Kier alpha value is -4.53. The number of benzene rings is 1. The molecule has 1 unspecified atom stereocenters. The van der Waals surface area contributed by atoms with Crippen molar-refractivity contribution in [3.63, 3.8) is 0 Å². The first kappa shape index (κ1) is 23.2. The van der Waals surface area contributed by atoms with E-state index >= 15 is 0 Å². The van der Waals surface area contributed by atoms with Crippen molar-refractivity contribution in [2.75, 3.05) is 17.6 Å². The maximum Gasteiger partial charge on any atom is 0.256 e. The van der Waals surface area contributed by atoms with Crippen LogP contribution in [-0.2, 0) is 4.79 Å². The lowest BCUT2D eigenvalue weighted by molar-refractivity contribution is -0.134. The molecule has 4 aromatic rings. The fourth-order valence-electron chi connectivity index (χ4n) is 4.67. The maximum absolute atomic E-state index is 12.8. The Bertz CT molecular complexity index is 1410. The van der Waals surface area contributed by atoms with Crippen molar-refractivity contribution in [2.24, 2.45) is 0 Å². The number of nitrogens with two attached hydrogens (primary N) is 1. The third-order valence-corrected chi connectivity index (χ3v) is 6.38. The Morgan fingerprint density at radius 3 is 2.69 bits per heavy atom. The minimum absolute atomic E-state index is 0.0401. The molecule has 1 aromatic carbocycles. The Morgan fingerprint density at radius 2 is 1.94 bits per heavy atom. The topological polar surface area (TPSA) is 119 Å². The average Bonchev–Trinajstić information content (AvgIpc) is 3.30. The predicted molar refractivity (Wildman–Crippen MR) is 138 cm³/mol. The number of nitrogen functional groups attached to an aromatic ring is 1. The number of carbonyl (C=O) groups is 2. The van der Waals surface area contributed by atoms with Gasteiger partial charge < -0.3 is 16.0 Å². The maximum atomic E-state index is 12.8. The molecule has 0 spiro atoms. The molecule has 0 radical (unpaired) electrons. The van der Waals surface area contributed by atoms with E-state index in [2.05, 4.69) is 21.9 Å². The fourth-order valence-corrected chi connectivity index (χ4v) is 4.67. The summed E-state index contributed by atoms with van der Waals surface area (Å²) in [5.74, 6) is 1.37. The molecule has 3 N–H and O–H groups in total. The quantitative estimate of drug-likeness (QED) is 0.397. The minimum Gasteiger partial charge on any atom is -0.382 e. The zero-order valence-electron chi connectivity index (χ0n) is 19.8. The highest BCUT2D eigenvalue weighted by Gasteiger charge is 2.32. The number of amides is 2. The van der Waals surface area contributed by atoms with Crippen LogP contribution in [0.1, 0.15) is 47.9 Å². The molecule has 1 aliphatic heterocycles. The van der Waals surface area contributed by atoms with Crippen molar-refractivity contribution in [3.05, 3.63) is 85.1 Å². The van der Waals surface area contributed by atoms with Gasteiger partial charge in [0.15, 0.2) is 0 Å². The van der Waals surface area contributed by atoms with Gasteiger partial charge in [0, 0.05) is 42.7 Å². The molecule has 2 amide bonds. The Morgan fingerprint density at radius 1 is 1.11 bits per heavy atom. The molecule has 4 heterocycles. The van der Waals surface area contributed by atoms with Crippen LogP contribution in [0.2, 0.25) is 0 Å². The summed E-state index contributed by atoms with van der Waals surface area (Å²) in [5.41, 5.74) is 8.94. The summed E-state index contributed by atoms with van der Waals surface area (Å²) < 4.78 is 1.93. The molecular formula is C27H27N7O2. The van der Waals surface area contributed by atoms with Crippen LogP contribution in [0.5, 0.6) is 0 Å². The third kappa shape index (κ3) is 4.43.